The first-order valence-electron chi connectivity index (χ1n) is 6.84. The normalized spacial score (nSPS) is 11.6. The standard InChI is InChI=1S/C16H16FNO5/c1-10(14-4-3-7-22-14)18-15(19)9-23-16(20)12-6-5-11(21-2)8-13(12)17/h3-8,10H,9H2,1-2H3,(H,18,19)/t10-/m1/s1. The zero-order chi connectivity index (χ0) is 16.8. The number of carbonyl (C=O) groups excluding carboxylic acids is 2. The largest absolute Gasteiger partial charge is 0.497 e. The summed E-state index contributed by atoms with van der Waals surface area (Å²) in [6.07, 6.45) is 1.49. The minimum atomic E-state index is -0.925. The van der Waals surface area contributed by atoms with Gasteiger partial charge in [0.15, 0.2) is 6.61 Å². The molecule has 1 N–H and O–H groups in total. The highest BCUT2D eigenvalue weighted by Gasteiger charge is 2.17. The summed E-state index contributed by atoms with van der Waals surface area (Å²) in [6, 6.07) is 6.77. The molecule has 0 aliphatic heterocycles. The number of nitrogens with one attached hydrogen (secondary N) is 1. The highest BCUT2D eigenvalue weighted by molar-refractivity contribution is 5.91. The third kappa shape index (κ3) is 4.32. The third-order valence-corrected chi connectivity index (χ3v) is 3.08. The predicted octanol–water partition coefficient (Wildman–Crippen LogP) is 2.46. The van der Waals surface area contributed by atoms with E-state index in [-0.39, 0.29) is 17.4 Å². The number of rotatable bonds is 6. The molecule has 7 heteroatoms. The zero-order valence-electron chi connectivity index (χ0n) is 12.7. The number of ether oxygens (including phenoxy) is 2. The number of esters is 1. The molecule has 1 atom stereocenters. The Morgan fingerprint density at radius 1 is 1.35 bits per heavy atom. The number of hydrogen-bond acceptors (Lipinski definition) is 5. The Morgan fingerprint density at radius 3 is 2.74 bits per heavy atom. The van der Waals surface area contributed by atoms with Gasteiger partial charge in [0.05, 0.1) is 25.0 Å². The van der Waals surface area contributed by atoms with Crippen LogP contribution in [0.5, 0.6) is 5.75 Å². The van der Waals surface area contributed by atoms with Gasteiger partial charge in [-0.15, -0.1) is 0 Å². The average molecular weight is 321 g/mol. The van der Waals surface area contributed by atoms with E-state index in [4.69, 9.17) is 13.9 Å². The van der Waals surface area contributed by atoms with E-state index >= 15 is 0 Å². The van der Waals surface area contributed by atoms with Crippen LogP contribution >= 0.6 is 0 Å². The Bertz CT molecular complexity index is 684. The third-order valence-electron chi connectivity index (χ3n) is 3.08. The number of hydrogen-bond donors (Lipinski definition) is 1. The molecule has 0 aliphatic carbocycles. The van der Waals surface area contributed by atoms with Crippen molar-refractivity contribution in [1.82, 2.24) is 5.32 Å². The number of furan rings is 1. The molecule has 1 aromatic carbocycles. The Balaban J connectivity index is 1.87. The molecule has 0 fully saturated rings. The van der Waals surface area contributed by atoms with Gasteiger partial charge in [0.25, 0.3) is 5.91 Å². The lowest BCUT2D eigenvalue weighted by Crippen LogP contribution is -2.31. The summed E-state index contributed by atoms with van der Waals surface area (Å²) in [6.45, 7) is 1.21. The van der Waals surface area contributed by atoms with Crippen molar-refractivity contribution < 1.29 is 27.9 Å². The van der Waals surface area contributed by atoms with Crippen LogP contribution in [0.2, 0.25) is 0 Å². The van der Waals surface area contributed by atoms with Crippen molar-refractivity contribution in [3.63, 3.8) is 0 Å². The van der Waals surface area contributed by atoms with Gasteiger partial charge in [0.1, 0.15) is 17.3 Å². The van der Waals surface area contributed by atoms with Gasteiger partial charge in [-0.1, -0.05) is 0 Å². The molecule has 0 aliphatic rings. The van der Waals surface area contributed by atoms with Gasteiger partial charge in [-0.25, -0.2) is 9.18 Å². The first-order chi connectivity index (χ1) is 11.0. The minimum Gasteiger partial charge on any atom is -0.497 e. The van der Waals surface area contributed by atoms with E-state index < -0.39 is 24.3 Å². The van der Waals surface area contributed by atoms with E-state index in [9.17, 15) is 14.0 Å². The molecule has 0 bridgehead atoms. The molecule has 23 heavy (non-hydrogen) atoms. The second-order valence-corrected chi connectivity index (χ2v) is 4.73. The number of methoxy groups -OCH3 is 1. The number of carbonyl (C=O) groups is 2. The van der Waals surface area contributed by atoms with E-state index in [0.717, 1.165) is 6.07 Å². The summed E-state index contributed by atoms with van der Waals surface area (Å²) in [5.41, 5.74) is -0.266. The summed E-state index contributed by atoms with van der Waals surface area (Å²) < 4.78 is 28.5. The fourth-order valence-corrected chi connectivity index (χ4v) is 1.89. The Hall–Kier alpha value is -2.83. The molecule has 0 unspecified atom stereocenters. The van der Waals surface area contributed by atoms with Crippen molar-refractivity contribution in [1.29, 1.82) is 0 Å². The van der Waals surface area contributed by atoms with Gasteiger partial charge in [-0.3, -0.25) is 4.79 Å². The maximum atomic E-state index is 13.7. The summed E-state index contributed by atoms with van der Waals surface area (Å²) in [4.78, 5) is 23.5. The molecule has 0 saturated heterocycles. The minimum absolute atomic E-state index is 0.266. The lowest BCUT2D eigenvalue weighted by molar-refractivity contribution is -0.125. The number of amides is 1. The monoisotopic (exact) mass is 321 g/mol. The van der Waals surface area contributed by atoms with Crippen molar-refractivity contribution in [2.75, 3.05) is 13.7 Å². The number of halogens is 1. The molecule has 0 radical (unpaired) electrons. The fraction of sp³-hybridized carbons (Fsp3) is 0.250. The summed E-state index contributed by atoms with van der Waals surface area (Å²) in [5, 5.41) is 2.60. The van der Waals surface area contributed by atoms with Gasteiger partial charge >= 0.3 is 5.97 Å². The van der Waals surface area contributed by atoms with Crippen molar-refractivity contribution in [3.8, 4) is 5.75 Å². The summed E-state index contributed by atoms with van der Waals surface area (Å²) in [7, 11) is 1.39. The van der Waals surface area contributed by atoms with E-state index in [1.807, 2.05) is 0 Å². The van der Waals surface area contributed by atoms with Crippen molar-refractivity contribution >= 4 is 11.9 Å². The summed E-state index contributed by atoms with van der Waals surface area (Å²) >= 11 is 0. The van der Waals surface area contributed by atoms with Crippen LogP contribution in [0.25, 0.3) is 0 Å². The van der Waals surface area contributed by atoms with Crippen molar-refractivity contribution in [2.45, 2.75) is 13.0 Å². The highest BCUT2D eigenvalue weighted by Crippen LogP contribution is 2.17. The lowest BCUT2D eigenvalue weighted by Gasteiger charge is -2.12. The second-order valence-electron chi connectivity index (χ2n) is 4.73. The predicted molar refractivity (Wildman–Crippen MR) is 78.5 cm³/mol. The van der Waals surface area contributed by atoms with Crippen LogP contribution in [0.15, 0.2) is 41.0 Å². The first-order valence-corrected chi connectivity index (χ1v) is 6.84. The molecule has 1 heterocycles. The van der Waals surface area contributed by atoms with Crippen molar-refractivity contribution in [2.24, 2.45) is 0 Å². The Labute approximate surface area is 132 Å². The van der Waals surface area contributed by atoms with Crippen LogP contribution in [0.1, 0.15) is 29.1 Å². The van der Waals surface area contributed by atoms with Crippen LogP contribution < -0.4 is 10.1 Å². The van der Waals surface area contributed by atoms with Crippen LogP contribution in [0.4, 0.5) is 4.39 Å². The van der Waals surface area contributed by atoms with Gasteiger partial charge in [-0.2, -0.15) is 0 Å². The van der Waals surface area contributed by atoms with Gasteiger partial charge in [-0.05, 0) is 31.2 Å². The van der Waals surface area contributed by atoms with Gasteiger partial charge in [0.2, 0.25) is 0 Å². The molecule has 122 valence electrons. The molecule has 0 saturated carbocycles. The molecular formula is C16H16FNO5. The maximum absolute atomic E-state index is 13.7. The smallest absolute Gasteiger partial charge is 0.341 e. The molecule has 1 amide bonds. The molecule has 1 aromatic heterocycles. The quantitative estimate of drug-likeness (QED) is 0.827. The summed E-state index contributed by atoms with van der Waals surface area (Å²) in [5.74, 6) is -1.37. The molecule has 6 nitrogen and oxygen atoms in total. The molecule has 2 rings (SSSR count). The first kappa shape index (κ1) is 16.5. The van der Waals surface area contributed by atoms with E-state index in [1.165, 1.54) is 25.5 Å². The zero-order valence-corrected chi connectivity index (χ0v) is 12.7. The molecule has 0 spiro atoms. The van der Waals surface area contributed by atoms with Crippen LogP contribution in [-0.4, -0.2) is 25.6 Å². The van der Waals surface area contributed by atoms with Crippen LogP contribution in [0.3, 0.4) is 0 Å². The van der Waals surface area contributed by atoms with Crippen LogP contribution in [0, 0.1) is 5.82 Å². The number of benzene rings is 1. The van der Waals surface area contributed by atoms with E-state index in [1.54, 1.807) is 19.1 Å². The van der Waals surface area contributed by atoms with Crippen molar-refractivity contribution in [3.05, 3.63) is 53.7 Å². The van der Waals surface area contributed by atoms with Gasteiger partial charge in [0, 0.05) is 6.07 Å². The molecular weight excluding hydrogens is 305 g/mol. The van der Waals surface area contributed by atoms with E-state index in [0.29, 0.717) is 5.76 Å². The van der Waals surface area contributed by atoms with Gasteiger partial charge < -0.3 is 19.2 Å². The highest BCUT2D eigenvalue weighted by atomic mass is 19.1. The Kier molecular flexibility index (Phi) is 5.35. The fourth-order valence-electron chi connectivity index (χ4n) is 1.89. The topological polar surface area (TPSA) is 77.8 Å². The van der Waals surface area contributed by atoms with E-state index in [2.05, 4.69) is 5.32 Å². The lowest BCUT2D eigenvalue weighted by atomic mass is 10.2. The SMILES string of the molecule is COc1ccc(C(=O)OCC(=O)N[C@H](C)c2ccco2)c(F)c1. The second kappa shape index (κ2) is 7.44. The maximum Gasteiger partial charge on any atom is 0.341 e. The van der Waals surface area contributed by atoms with Crippen LogP contribution in [-0.2, 0) is 9.53 Å². The Morgan fingerprint density at radius 2 is 2.13 bits per heavy atom. The molecule has 2 aromatic rings. The average Bonchev–Trinajstić information content (AvgIpc) is 3.07.